The highest BCUT2D eigenvalue weighted by atomic mass is 35.5. The first kappa shape index (κ1) is 15.5. The number of carbonyl (C=O) groups excluding carboxylic acids is 1. The van der Waals surface area contributed by atoms with Gasteiger partial charge in [-0.25, -0.2) is 0 Å². The summed E-state index contributed by atoms with van der Waals surface area (Å²) in [7, 11) is 1.54. The van der Waals surface area contributed by atoms with Gasteiger partial charge in [0.1, 0.15) is 11.5 Å². The number of phenolic OH excluding ortho intramolecular Hbond substituents is 1. The van der Waals surface area contributed by atoms with Crippen molar-refractivity contribution in [1.82, 2.24) is 0 Å². The third-order valence-electron chi connectivity index (χ3n) is 2.64. The largest absolute Gasteiger partial charge is 0.508 e. The van der Waals surface area contributed by atoms with Gasteiger partial charge in [-0.1, -0.05) is 11.6 Å². The van der Waals surface area contributed by atoms with E-state index in [0.717, 1.165) is 4.90 Å². The topological polar surface area (TPSA) is 58.6 Å². The molecule has 0 fully saturated rings. The number of ether oxygens (including phenoxy) is 1. The van der Waals surface area contributed by atoms with Crippen molar-refractivity contribution >= 4 is 35.0 Å². The molecule has 6 heteroatoms. The van der Waals surface area contributed by atoms with E-state index in [1.54, 1.807) is 42.5 Å². The minimum Gasteiger partial charge on any atom is -0.508 e. The quantitative estimate of drug-likeness (QED) is 0.822. The van der Waals surface area contributed by atoms with Crippen molar-refractivity contribution in [2.24, 2.45) is 0 Å². The number of anilines is 1. The van der Waals surface area contributed by atoms with Crippen LogP contribution < -0.4 is 10.1 Å². The highest BCUT2D eigenvalue weighted by molar-refractivity contribution is 8.00. The van der Waals surface area contributed by atoms with Crippen LogP contribution in [0.1, 0.15) is 0 Å². The van der Waals surface area contributed by atoms with Gasteiger partial charge in [0.05, 0.1) is 17.9 Å². The summed E-state index contributed by atoms with van der Waals surface area (Å²) in [5.41, 5.74) is 0.622. The van der Waals surface area contributed by atoms with Gasteiger partial charge in [0, 0.05) is 10.6 Å². The van der Waals surface area contributed by atoms with Crippen LogP contribution in [-0.4, -0.2) is 23.9 Å². The lowest BCUT2D eigenvalue weighted by Gasteiger charge is -2.08. The zero-order chi connectivity index (χ0) is 15.2. The molecule has 0 aliphatic rings. The Morgan fingerprint density at radius 3 is 2.62 bits per heavy atom. The number of aromatic hydroxyl groups is 1. The Bertz CT molecular complexity index is 631. The van der Waals surface area contributed by atoms with Crippen LogP contribution >= 0.6 is 23.4 Å². The van der Waals surface area contributed by atoms with Crippen LogP contribution in [0.2, 0.25) is 5.02 Å². The van der Waals surface area contributed by atoms with Crippen molar-refractivity contribution in [1.29, 1.82) is 0 Å². The maximum absolute atomic E-state index is 11.9. The molecule has 1 amide bonds. The van der Waals surface area contributed by atoms with Crippen LogP contribution in [0.15, 0.2) is 47.4 Å². The van der Waals surface area contributed by atoms with Crippen molar-refractivity contribution in [2.45, 2.75) is 4.90 Å². The molecular weight excluding hydrogens is 310 g/mol. The van der Waals surface area contributed by atoms with E-state index in [1.165, 1.54) is 18.9 Å². The zero-order valence-electron chi connectivity index (χ0n) is 11.3. The van der Waals surface area contributed by atoms with E-state index in [2.05, 4.69) is 5.32 Å². The van der Waals surface area contributed by atoms with Crippen LogP contribution in [0.5, 0.6) is 11.5 Å². The van der Waals surface area contributed by atoms with E-state index in [9.17, 15) is 9.90 Å². The molecular formula is C15H14ClNO3S. The summed E-state index contributed by atoms with van der Waals surface area (Å²) in [5.74, 6) is 0.910. The number of benzene rings is 2. The fourth-order valence-corrected chi connectivity index (χ4v) is 2.59. The Labute approximate surface area is 132 Å². The standard InChI is InChI=1S/C15H14ClNO3S/c1-20-14-7-2-10(8-13(14)16)17-15(19)9-21-12-5-3-11(18)4-6-12/h2-8,18H,9H2,1H3,(H,17,19). The molecule has 0 heterocycles. The summed E-state index contributed by atoms with van der Waals surface area (Å²) in [4.78, 5) is 12.8. The average Bonchev–Trinajstić information content (AvgIpc) is 2.47. The smallest absolute Gasteiger partial charge is 0.234 e. The molecule has 2 N–H and O–H groups in total. The molecule has 110 valence electrons. The molecule has 0 aliphatic carbocycles. The SMILES string of the molecule is COc1ccc(NC(=O)CSc2ccc(O)cc2)cc1Cl. The van der Waals surface area contributed by atoms with Gasteiger partial charge < -0.3 is 15.2 Å². The molecule has 2 rings (SSSR count). The molecule has 21 heavy (non-hydrogen) atoms. The normalized spacial score (nSPS) is 10.2. The van der Waals surface area contributed by atoms with Crippen LogP contribution in [-0.2, 0) is 4.79 Å². The maximum Gasteiger partial charge on any atom is 0.234 e. The van der Waals surface area contributed by atoms with Gasteiger partial charge in [-0.2, -0.15) is 0 Å². The molecule has 0 bridgehead atoms. The zero-order valence-corrected chi connectivity index (χ0v) is 12.9. The fraction of sp³-hybridized carbons (Fsp3) is 0.133. The van der Waals surface area contributed by atoms with E-state index in [4.69, 9.17) is 16.3 Å². The number of halogens is 1. The molecule has 0 atom stereocenters. The number of rotatable bonds is 5. The van der Waals surface area contributed by atoms with Gasteiger partial charge in [-0.05, 0) is 42.5 Å². The van der Waals surface area contributed by atoms with E-state index >= 15 is 0 Å². The second-order valence-electron chi connectivity index (χ2n) is 4.18. The Balaban J connectivity index is 1.89. The molecule has 0 aromatic heterocycles. The summed E-state index contributed by atoms with van der Waals surface area (Å²) in [5, 5.41) is 12.4. The number of nitrogens with one attached hydrogen (secondary N) is 1. The van der Waals surface area contributed by atoms with Gasteiger partial charge in [-0.15, -0.1) is 11.8 Å². The Morgan fingerprint density at radius 2 is 2.00 bits per heavy atom. The molecule has 0 radical (unpaired) electrons. The van der Waals surface area contributed by atoms with E-state index in [-0.39, 0.29) is 17.4 Å². The minimum atomic E-state index is -0.130. The first-order chi connectivity index (χ1) is 10.1. The number of phenols is 1. The molecule has 2 aromatic carbocycles. The van der Waals surface area contributed by atoms with Crippen LogP contribution in [0, 0.1) is 0 Å². The molecule has 2 aromatic rings. The lowest BCUT2D eigenvalue weighted by Crippen LogP contribution is -2.13. The second-order valence-corrected chi connectivity index (χ2v) is 5.64. The molecule has 0 unspecified atom stereocenters. The Morgan fingerprint density at radius 1 is 1.29 bits per heavy atom. The predicted molar refractivity (Wildman–Crippen MR) is 85.5 cm³/mol. The number of amides is 1. The van der Waals surface area contributed by atoms with Crippen molar-refractivity contribution in [2.75, 3.05) is 18.2 Å². The molecule has 0 saturated carbocycles. The summed E-state index contributed by atoms with van der Waals surface area (Å²) in [6.45, 7) is 0. The molecule has 0 saturated heterocycles. The van der Waals surface area contributed by atoms with Crippen LogP contribution in [0.25, 0.3) is 0 Å². The predicted octanol–water partition coefficient (Wildman–Crippen LogP) is 3.79. The van der Waals surface area contributed by atoms with E-state index < -0.39 is 0 Å². The molecule has 0 aliphatic heterocycles. The van der Waals surface area contributed by atoms with Crippen LogP contribution in [0.3, 0.4) is 0 Å². The van der Waals surface area contributed by atoms with Crippen LogP contribution in [0.4, 0.5) is 5.69 Å². The third-order valence-corrected chi connectivity index (χ3v) is 3.95. The lowest BCUT2D eigenvalue weighted by atomic mass is 10.3. The van der Waals surface area contributed by atoms with Gasteiger partial charge in [0.25, 0.3) is 0 Å². The third kappa shape index (κ3) is 4.58. The van der Waals surface area contributed by atoms with Gasteiger partial charge in [-0.3, -0.25) is 4.79 Å². The average molecular weight is 324 g/mol. The number of carbonyl (C=O) groups is 1. The van der Waals surface area contributed by atoms with E-state index in [0.29, 0.717) is 16.5 Å². The number of thioether (sulfide) groups is 1. The minimum absolute atomic E-state index is 0.130. The second kappa shape index (κ2) is 7.24. The van der Waals surface area contributed by atoms with Gasteiger partial charge in [0.15, 0.2) is 0 Å². The van der Waals surface area contributed by atoms with E-state index in [1.807, 2.05) is 0 Å². The number of methoxy groups -OCH3 is 1. The van der Waals surface area contributed by atoms with Crippen molar-refractivity contribution in [3.8, 4) is 11.5 Å². The first-order valence-corrected chi connectivity index (χ1v) is 7.50. The summed E-state index contributed by atoms with van der Waals surface area (Å²) < 4.78 is 5.05. The Kier molecular flexibility index (Phi) is 5.36. The fourth-order valence-electron chi connectivity index (χ4n) is 1.63. The Hall–Kier alpha value is -1.85. The van der Waals surface area contributed by atoms with Crippen molar-refractivity contribution in [3.05, 3.63) is 47.5 Å². The summed E-state index contributed by atoms with van der Waals surface area (Å²) in [6.07, 6.45) is 0. The highest BCUT2D eigenvalue weighted by Crippen LogP contribution is 2.27. The van der Waals surface area contributed by atoms with Gasteiger partial charge in [0.2, 0.25) is 5.91 Å². The van der Waals surface area contributed by atoms with Crippen molar-refractivity contribution in [3.63, 3.8) is 0 Å². The highest BCUT2D eigenvalue weighted by Gasteiger charge is 2.06. The van der Waals surface area contributed by atoms with Crippen molar-refractivity contribution < 1.29 is 14.6 Å². The molecule has 4 nitrogen and oxygen atoms in total. The molecule has 0 spiro atoms. The first-order valence-electron chi connectivity index (χ1n) is 6.13. The monoisotopic (exact) mass is 323 g/mol. The summed E-state index contributed by atoms with van der Waals surface area (Å²) >= 11 is 7.38. The maximum atomic E-state index is 11.9. The number of hydrogen-bond acceptors (Lipinski definition) is 4. The number of hydrogen-bond donors (Lipinski definition) is 2. The van der Waals surface area contributed by atoms with Gasteiger partial charge >= 0.3 is 0 Å². The summed E-state index contributed by atoms with van der Waals surface area (Å²) in [6, 6.07) is 11.8. The lowest BCUT2D eigenvalue weighted by molar-refractivity contribution is -0.113.